The van der Waals surface area contributed by atoms with Gasteiger partial charge in [-0.2, -0.15) is 5.26 Å². The molecule has 1 N–H and O–H groups in total. The Morgan fingerprint density at radius 3 is 1.95 bits per heavy atom. The van der Waals surface area contributed by atoms with E-state index in [0.717, 1.165) is 0 Å². The van der Waals surface area contributed by atoms with Gasteiger partial charge in [0.25, 0.3) is 0 Å². The molecule has 1 aromatic rings. The molecule has 0 heterocycles. The van der Waals surface area contributed by atoms with Crippen molar-refractivity contribution in [3.05, 3.63) is 35.4 Å². The number of nitrogens with one attached hydrogen (secondary N) is 1. The van der Waals surface area contributed by atoms with Crippen LogP contribution in [0.1, 0.15) is 51.8 Å². The minimum atomic E-state index is -0.00881. The zero-order valence-corrected chi connectivity index (χ0v) is 13.0. The molecule has 0 amide bonds. The molecule has 2 atom stereocenters. The van der Waals surface area contributed by atoms with Crippen molar-refractivity contribution in [2.45, 2.75) is 46.1 Å². The highest BCUT2D eigenvalue weighted by Gasteiger charge is 2.25. The number of hydrogen-bond donors (Lipinski definition) is 1. The lowest BCUT2D eigenvalue weighted by Gasteiger charge is -2.26. The molecule has 1 rings (SSSR count). The van der Waals surface area contributed by atoms with E-state index in [-0.39, 0.29) is 17.4 Å². The van der Waals surface area contributed by atoms with Crippen LogP contribution in [0.4, 0.5) is 0 Å². The summed E-state index contributed by atoms with van der Waals surface area (Å²) in [7, 11) is 1.93. The van der Waals surface area contributed by atoms with E-state index in [9.17, 15) is 5.26 Å². The van der Waals surface area contributed by atoms with Crippen molar-refractivity contribution in [1.29, 1.82) is 5.26 Å². The molecule has 0 aromatic heterocycles. The quantitative estimate of drug-likeness (QED) is 0.884. The Kier molecular flexibility index (Phi) is 5.14. The molecule has 0 aliphatic rings. The number of nitriles is 1. The summed E-state index contributed by atoms with van der Waals surface area (Å²) in [4.78, 5) is 0. The first kappa shape index (κ1) is 15.7. The van der Waals surface area contributed by atoms with Gasteiger partial charge in [-0.1, -0.05) is 58.9 Å². The molecule has 0 radical (unpaired) electrons. The van der Waals surface area contributed by atoms with Crippen LogP contribution in [0.5, 0.6) is 0 Å². The fourth-order valence-corrected chi connectivity index (χ4v) is 2.35. The molecule has 0 saturated heterocycles. The van der Waals surface area contributed by atoms with Crippen LogP contribution in [-0.4, -0.2) is 7.05 Å². The predicted molar refractivity (Wildman–Crippen MR) is 80.9 cm³/mol. The van der Waals surface area contributed by atoms with Crippen molar-refractivity contribution in [1.82, 2.24) is 5.32 Å². The molecule has 0 aliphatic heterocycles. The Hall–Kier alpha value is -1.33. The van der Waals surface area contributed by atoms with E-state index in [1.54, 1.807) is 0 Å². The normalized spacial score (nSPS) is 15.1. The third-order valence-corrected chi connectivity index (χ3v) is 3.67. The van der Waals surface area contributed by atoms with Gasteiger partial charge in [0, 0.05) is 6.04 Å². The van der Waals surface area contributed by atoms with Gasteiger partial charge in [-0.05, 0) is 29.5 Å². The van der Waals surface area contributed by atoms with E-state index < -0.39 is 0 Å². The van der Waals surface area contributed by atoms with Crippen LogP contribution in [0, 0.1) is 23.2 Å². The molecule has 2 heteroatoms. The second kappa shape index (κ2) is 6.21. The minimum absolute atomic E-state index is 0.00881. The number of benzene rings is 1. The van der Waals surface area contributed by atoms with Crippen molar-refractivity contribution in [2.75, 3.05) is 7.05 Å². The van der Waals surface area contributed by atoms with E-state index in [1.165, 1.54) is 11.1 Å². The number of hydrogen-bond acceptors (Lipinski definition) is 2. The summed E-state index contributed by atoms with van der Waals surface area (Å²) in [6.07, 6.45) is 0. The van der Waals surface area contributed by atoms with Crippen molar-refractivity contribution < 1.29 is 0 Å². The fourth-order valence-electron chi connectivity index (χ4n) is 2.35. The molecule has 0 aliphatic carbocycles. The SMILES string of the molecule is CNC(c1ccc(C(C)(C)C)cc1)C(C#N)C(C)C. The molecular formula is C17H26N2. The Balaban J connectivity index is 3.04. The van der Waals surface area contributed by atoms with Gasteiger partial charge in [-0.3, -0.25) is 0 Å². The van der Waals surface area contributed by atoms with E-state index in [0.29, 0.717) is 5.92 Å². The zero-order valence-electron chi connectivity index (χ0n) is 13.0. The third-order valence-electron chi connectivity index (χ3n) is 3.67. The fraction of sp³-hybridized carbons (Fsp3) is 0.588. The van der Waals surface area contributed by atoms with Gasteiger partial charge in [0.05, 0.1) is 12.0 Å². The number of nitrogens with zero attached hydrogens (tertiary/aromatic N) is 1. The monoisotopic (exact) mass is 258 g/mol. The highest BCUT2D eigenvalue weighted by Crippen LogP contribution is 2.29. The maximum atomic E-state index is 9.35. The van der Waals surface area contributed by atoms with Gasteiger partial charge in [0.2, 0.25) is 0 Å². The largest absolute Gasteiger partial charge is 0.312 e. The molecule has 0 saturated carbocycles. The Morgan fingerprint density at radius 1 is 1.11 bits per heavy atom. The summed E-state index contributed by atoms with van der Waals surface area (Å²) in [6.45, 7) is 10.8. The third kappa shape index (κ3) is 3.81. The van der Waals surface area contributed by atoms with Crippen molar-refractivity contribution >= 4 is 0 Å². The molecule has 0 spiro atoms. The van der Waals surface area contributed by atoms with Gasteiger partial charge < -0.3 is 5.32 Å². The molecule has 2 nitrogen and oxygen atoms in total. The summed E-state index contributed by atoms with van der Waals surface area (Å²) in [5.41, 5.74) is 2.68. The molecule has 2 unspecified atom stereocenters. The highest BCUT2D eigenvalue weighted by atomic mass is 14.9. The molecular weight excluding hydrogens is 232 g/mol. The lowest BCUT2D eigenvalue weighted by molar-refractivity contribution is 0.363. The minimum Gasteiger partial charge on any atom is -0.312 e. The van der Waals surface area contributed by atoms with Gasteiger partial charge in [0.1, 0.15) is 0 Å². The lowest BCUT2D eigenvalue weighted by Crippen LogP contribution is -2.27. The molecule has 19 heavy (non-hydrogen) atoms. The van der Waals surface area contributed by atoms with Crippen LogP contribution in [0.25, 0.3) is 0 Å². The lowest BCUT2D eigenvalue weighted by atomic mass is 9.83. The average molecular weight is 258 g/mol. The van der Waals surface area contributed by atoms with Crippen molar-refractivity contribution in [2.24, 2.45) is 11.8 Å². The van der Waals surface area contributed by atoms with Crippen LogP contribution in [0.15, 0.2) is 24.3 Å². The maximum absolute atomic E-state index is 9.35. The van der Waals surface area contributed by atoms with Gasteiger partial charge >= 0.3 is 0 Å². The summed E-state index contributed by atoms with van der Waals surface area (Å²) in [5.74, 6) is 0.329. The van der Waals surface area contributed by atoms with Crippen LogP contribution in [0.2, 0.25) is 0 Å². The Labute approximate surface area is 117 Å². The average Bonchev–Trinajstić information content (AvgIpc) is 2.34. The standard InChI is InChI=1S/C17H26N2/c1-12(2)15(11-18)16(19-6)13-7-9-14(10-8-13)17(3,4)5/h7-10,12,15-16,19H,1-6H3. The van der Waals surface area contributed by atoms with Crippen LogP contribution in [-0.2, 0) is 5.41 Å². The van der Waals surface area contributed by atoms with E-state index >= 15 is 0 Å². The zero-order chi connectivity index (χ0) is 14.6. The predicted octanol–water partition coefficient (Wildman–Crippen LogP) is 4.04. The summed E-state index contributed by atoms with van der Waals surface area (Å²) in [5, 5.41) is 12.6. The first-order valence-corrected chi connectivity index (χ1v) is 6.98. The highest BCUT2D eigenvalue weighted by molar-refractivity contribution is 5.30. The topological polar surface area (TPSA) is 35.8 Å². The maximum Gasteiger partial charge on any atom is 0.0681 e. The molecule has 0 bridgehead atoms. The molecule has 1 aromatic carbocycles. The Bertz CT molecular complexity index is 432. The van der Waals surface area contributed by atoms with E-state index in [4.69, 9.17) is 0 Å². The first-order valence-electron chi connectivity index (χ1n) is 6.98. The van der Waals surface area contributed by atoms with Gasteiger partial charge in [-0.25, -0.2) is 0 Å². The van der Waals surface area contributed by atoms with Crippen molar-refractivity contribution in [3.8, 4) is 6.07 Å². The first-order chi connectivity index (χ1) is 8.81. The Morgan fingerprint density at radius 2 is 1.63 bits per heavy atom. The molecule has 0 fully saturated rings. The summed E-state index contributed by atoms with van der Waals surface area (Å²) in [6, 6.07) is 11.2. The summed E-state index contributed by atoms with van der Waals surface area (Å²) < 4.78 is 0. The summed E-state index contributed by atoms with van der Waals surface area (Å²) >= 11 is 0. The van der Waals surface area contributed by atoms with Crippen LogP contribution < -0.4 is 5.32 Å². The molecule has 104 valence electrons. The van der Waals surface area contributed by atoms with Gasteiger partial charge in [0.15, 0.2) is 0 Å². The van der Waals surface area contributed by atoms with Crippen LogP contribution >= 0.6 is 0 Å². The second-order valence-corrected chi connectivity index (χ2v) is 6.54. The second-order valence-electron chi connectivity index (χ2n) is 6.54. The van der Waals surface area contributed by atoms with E-state index in [1.807, 2.05) is 7.05 Å². The smallest absolute Gasteiger partial charge is 0.0681 e. The van der Waals surface area contributed by atoms with E-state index in [2.05, 4.69) is 70.3 Å². The van der Waals surface area contributed by atoms with Gasteiger partial charge in [-0.15, -0.1) is 0 Å². The number of rotatable bonds is 4. The van der Waals surface area contributed by atoms with Crippen molar-refractivity contribution in [3.63, 3.8) is 0 Å². The van der Waals surface area contributed by atoms with Crippen LogP contribution in [0.3, 0.4) is 0 Å².